The van der Waals surface area contributed by atoms with E-state index >= 15 is 0 Å². The molecular formula is C17H29N3. The van der Waals surface area contributed by atoms with Gasteiger partial charge in [0.25, 0.3) is 0 Å². The van der Waals surface area contributed by atoms with Gasteiger partial charge in [-0.25, -0.2) is 0 Å². The molecule has 0 radical (unpaired) electrons. The Morgan fingerprint density at radius 3 is 2.35 bits per heavy atom. The molecule has 0 unspecified atom stereocenters. The molecule has 112 valence electrons. The van der Waals surface area contributed by atoms with Crippen LogP contribution in [0.2, 0.25) is 0 Å². The summed E-state index contributed by atoms with van der Waals surface area (Å²) in [6.07, 6.45) is 0. The molecule has 0 fully saturated rings. The van der Waals surface area contributed by atoms with Crippen molar-refractivity contribution in [2.24, 2.45) is 0 Å². The predicted octanol–water partition coefficient (Wildman–Crippen LogP) is 3.02. The lowest BCUT2D eigenvalue weighted by Crippen LogP contribution is -2.39. The summed E-state index contributed by atoms with van der Waals surface area (Å²) >= 11 is 0. The molecule has 0 aromatic heterocycles. The maximum Gasteiger partial charge on any atom is 0.0475 e. The van der Waals surface area contributed by atoms with Gasteiger partial charge in [0.15, 0.2) is 0 Å². The van der Waals surface area contributed by atoms with Gasteiger partial charge in [-0.05, 0) is 50.2 Å². The lowest BCUT2D eigenvalue weighted by Gasteiger charge is -2.35. The second kappa shape index (κ2) is 7.09. The molecule has 1 aliphatic heterocycles. The number of nitrogens with one attached hydrogen (secondary N) is 1. The summed E-state index contributed by atoms with van der Waals surface area (Å²) in [5.74, 6) is 0. The minimum atomic E-state index is 0.527. The van der Waals surface area contributed by atoms with E-state index in [1.54, 1.807) is 0 Å². The van der Waals surface area contributed by atoms with E-state index in [-0.39, 0.29) is 0 Å². The van der Waals surface area contributed by atoms with Crippen LogP contribution >= 0.6 is 0 Å². The summed E-state index contributed by atoms with van der Waals surface area (Å²) in [7, 11) is 0. The molecule has 0 saturated carbocycles. The molecule has 20 heavy (non-hydrogen) atoms. The number of hydrogen-bond donors (Lipinski definition) is 1. The van der Waals surface area contributed by atoms with Gasteiger partial charge in [-0.15, -0.1) is 0 Å². The van der Waals surface area contributed by atoms with Gasteiger partial charge >= 0.3 is 0 Å². The molecular weight excluding hydrogens is 246 g/mol. The number of fused-ring (bicyclic) bond motifs is 1. The van der Waals surface area contributed by atoms with Crippen molar-refractivity contribution in [1.82, 2.24) is 10.2 Å². The van der Waals surface area contributed by atoms with Crippen molar-refractivity contribution >= 4 is 5.69 Å². The van der Waals surface area contributed by atoms with Gasteiger partial charge in [0.2, 0.25) is 0 Å². The summed E-state index contributed by atoms with van der Waals surface area (Å²) in [5.41, 5.74) is 4.34. The number of hydrogen-bond acceptors (Lipinski definition) is 3. The highest BCUT2D eigenvalue weighted by molar-refractivity contribution is 5.52. The topological polar surface area (TPSA) is 18.5 Å². The van der Waals surface area contributed by atoms with Gasteiger partial charge in [-0.1, -0.05) is 19.9 Å². The first-order chi connectivity index (χ1) is 9.74. The standard InChI is InChI=1S/C17H29N3/c1-5-19(6-2)15-9-10-16-14(11-15)12-18-13-17(16)20(7-3)8-4/h9-11,17-18H,5-8,12-13H2,1-4H3/t17-/m1/s1. The fourth-order valence-corrected chi connectivity index (χ4v) is 3.30. The molecule has 0 aliphatic carbocycles. The van der Waals surface area contributed by atoms with Crippen molar-refractivity contribution in [2.45, 2.75) is 40.3 Å². The van der Waals surface area contributed by atoms with E-state index in [0.717, 1.165) is 39.3 Å². The Hall–Kier alpha value is -1.06. The second-order valence-corrected chi connectivity index (χ2v) is 5.42. The van der Waals surface area contributed by atoms with Crippen molar-refractivity contribution < 1.29 is 0 Å². The number of nitrogens with zero attached hydrogens (tertiary/aromatic N) is 2. The highest BCUT2D eigenvalue weighted by atomic mass is 15.2. The molecule has 0 saturated heterocycles. The number of rotatable bonds is 6. The van der Waals surface area contributed by atoms with Crippen LogP contribution < -0.4 is 10.2 Å². The van der Waals surface area contributed by atoms with Gasteiger partial charge in [-0.3, -0.25) is 4.90 Å². The normalized spacial score (nSPS) is 18.1. The van der Waals surface area contributed by atoms with Crippen LogP contribution in [0.3, 0.4) is 0 Å². The smallest absolute Gasteiger partial charge is 0.0475 e. The maximum atomic E-state index is 3.58. The van der Waals surface area contributed by atoms with Gasteiger partial charge in [0.05, 0.1) is 0 Å². The quantitative estimate of drug-likeness (QED) is 0.861. The second-order valence-electron chi connectivity index (χ2n) is 5.42. The average molecular weight is 275 g/mol. The van der Waals surface area contributed by atoms with Gasteiger partial charge in [0.1, 0.15) is 0 Å². The summed E-state index contributed by atoms with van der Waals surface area (Å²) in [6, 6.07) is 7.56. The zero-order valence-electron chi connectivity index (χ0n) is 13.4. The monoisotopic (exact) mass is 275 g/mol. The van der Waals surface area contributed by atoms with E-state index in [1.807, 2.05) is 0 Å². The molecule has 0 spiro atoms. The van der Waals surface area contributed by atoms with Crippen molar-refractivity contribution in [3.05, 3.63) is 29.3 Å². The first-order valence-electron chi connectivity index (χ1n) is 8.07. The summed E-state index contributed by atoms with van der Waals surface area (Å²) in [5, 5.41) is 3.58. The lowest BCUT2D eigenvalue weighted by molar-refractivity contribution is 0.204. The SMILES string of the molecule is CCN(CC)c1ccc2c(c1)CNC[C@H]2N(CC)CC. The van der Waals surface area contributed by atoms with Crippen LogP contribution in [-0.4, -0.2) is 37.6 Å². The predicted molar refractivity (Wildman–Crippen MR) is 87.4 cm³/mol. The fraction of sp³-hybridized carbons (Fsp3) is 0.647. The Morgan fingerprint density at radius 1 is 1.05 bits per heavy atom. The van der Waals surface area contributed by atoms with Crippen molar-refractivity contribution in [3.8, 4) is 0 Å². The van der Waals surface area contributed by atoms with E-state index in [4.69, 9.17) is 0 Å². The van der Waals surface area contributed by atoms with Crippen molar-refractivity contribution in [2.75, 3.05) is 37.6 Å². The first-order valence-corrected chi connectivity index (χ1v) is 8.07. The minimum absolute atomic E-state index is 0.527. The molecule has 0 bridgehead atoms. The molecule has 1 aromatic carbocycles. The minimum Gasteiger partial charge on any atom is -0.372 e. The Bertz CT molecular complexity index is 422. The molecule has 1 aromatic rings. The average Bonchev–Trinajstić information content (AvgIpc) is 2.49. The molecule has 3 heteroatoms. The Balaban J connectivity index is 2.30. The number of anilines is 1. The van der Waals surface area contributed by atoms with Crippen LogP contribution in [0.4, 0.5) is 5.69 Å². The van der Waals surface area contributed by atoms with Crippen molar-refractivity contribution in [3.63, 3.8) is 0 Å². The van der Waals surface area contributed by atoms with Crippen LogP contribution in [-0.2, 0) is 6.54 Å². The van der Waals surface area contributed by atoms with Crippen LogP contribution in [0.25, 0.3) is 0 Å². The molecule has 1 atom stereocenters. The van der Waals surface area contributed by atoms with E-state index < -0.39 is 0 Å². The molecule has 0 amide bonds. The molecule has 1 N–H and O–H groups in total. The maximum absolute atomic E-state index is 3.58. The van der Waals surface area contributed by atoms with E-state index in [2.05, 4.69) is 61.0 Å². The Labute approximate surface area is 124 Å². The first kappa shape index (κ1) is 15.3. The van der Waals surface area contributed by atoms with E-state index in [9.17, 15) is 0 Å². The Morgan fingerprint density at radius 2 is 1.75 bits per heavy atom. The van der Waals surface area contributed by atoms with Gasteiger partial charge < -0.3 is 10.2 Å². The summed E-state index contributed by atoms with van der Waals surface area (Å²) in [4.78, 5) is 4.96. The Kier molecular flexibility index (Phi) is 5.44. The number of benzene rings is 1. The van der Waals surface area contributed by atoms with E-state index in [1.165, 1.54) is 16.8 Å². The van der Waals surface area contributed by atoms with Crippen LogP contribution in [0.15, 0.2) is 18.2 Å². The van der Waals surface area contributed by atoms with Crippen LogP contribution in [0.1, 0.15) is 44.9 Å². The zero-order chi connectivity index (χ0) is 14.5. The summed E-state index contributed by atoms with van der Waals surface area (Å²) < 4.78 is 0. The third kappa shape index (κ3) is 2.99. The highest BCUT2D eigenvalue weighted by Gasteiger charge is 2.24. The van der Waals surface area contributed by atoms with Crippen molar-refractivity contribution in [1.29, 1.82) is 0 Å². The lowest BCUT2D eigenvalue weighted by atomic mass is 9.94. The molecule has 1 heterocycles. The third-order valence-electron chi connectivity index (χ3n) is 4.52. The van der Waals surface area contributed by atoms with Crippen LogP contribution in [0.5, 0.6) is 0 Å². The summed E-state index contributed by atoms with van der Waals surface area (Å²) in [6.45, 7) is 15.4. The van der Waals surface area contributed by atoms with Gasteiger partial charge in [-0.2, -0.15) is 0 Å². The zero-order valence-corrected chi connectivity index (χ0v) is 13.4. The number of likely N-dealkylation sites (N-methyl/N-ethyl adjacent to an activating group) is 1. The van der Waals surface area contributed by atoms with Gasteiger partial charge in [0, 0.05) is 37.9 Å². The molecule has 2 rings (SSSR count). The highest BCUT2D eigenvalue weighted by Crippen LogP contribution is 2.30. The largest absolute Gasteiger partial charge is 0.372 e. The van der Waals surface area contributed by atoms with E-state index in [0.29, 0.717) is 6.04 Å². The van der Waals surface area contributed by atoms with Crippen LogP contribution in [0, 0.1) is 0 Å². The molecule has 3 nitrogen and oxygen atoms in total. The molecule has 1 aliphatic rings. The third-order valence-corrected chi connectivity index (χ3v) is 4.52. The fourth-order valence-electron chi connectivity index (χ4n) is 3.30.